The van der Waals surface area contributed by atoms with Gasteiger partial charge in [0.25, 0.3) is 0 Å². The molecule has 1 saturated heterocycles. The van der Waals surface area contributed by atoms with Crippen LogP contribution in [0.25, 0.3) is 10.9 Å². The second-order valence-corrected chi connectivity index (χ2v) is 8.32. The van der Waals surface area contributed by atoms with Crippen molar-refractivity contribution in [3.63, 3.8) is 0 Å². The molecule has 1 aliphatic heterocycles. The molecule has 2 aliphatic rings. The van der Waals surface area contributed by atoms with Crippen LogP contribution in [0.3, 0.4) is 0 Å². The van der Waals surface area contributed by atoms with Crippen molar-refractivity contribution in [1.29, 1.82) is 0 Å². The van der Waals surface area contributed by atoms with Crippen LogP contribution in [0.15, 0.2) is 30.6 Å². The molecule has 5 rings (SSSR count). The molecule has 7 heteroatoms. The van der Waals surface area contributed by atoms with Gasteiger partial charge in [-0.3, -0.25) is 14.3 Å². The maximum Gasteiger partial charge on any atom is 0.230 e. The van der Waals surface area contributed by atoms with Gasteiger partial charge in [-0.15, -0.1) is 0 Å². The highest BCUT2D eigenvalue weighted by Crippen LogP contribution is 2.46. The molecule has 1 saturated carbocycles. The molecule has 1 aliphatic carbocycles. The molecule has 2 atom stereocenters. The Hall–Kier alpha value is -3.09. The Bertz CT molecular complexity index is 1120. The first-order valence-electron chi connectivity index (χ1n) is 10.1. The third kappa shape index (κ3) is 2.92. The summed E-state index contributed by atoms with van der Waals surface area (Å²) in [6, 6.07) is 5.86. The molecular weight excluding hydrogens is 366 g/mol. The third-order valence-electron chi connectivity index (χ3n) is 6.39. The highest BCUT2D eigenvalue weighted by molar-refractivity contribution is 5.99. The Labute approximate surface area is 169 Å². The second-order valence-electron chi connectivity index (χ2n) is 8.32. The van der Waals surface area contributed by atoms with Gasteiger partial charge in [0.15, 0.2) is 0 Å². The minimum Gasteiger partial charge on any atom is -0.361 e. The lowest BCUT2D eigenvalue weighted by Gasteiger charge is -2.28. The van der Waals surface area contributed by atoms with Crippen molar-refractivity contribution >= 4 is 28.4 Å². The minimum atomic E-state index is -0.422. The van der Waals surface area contributed by atoms with Crippen molar-refractivity contribution < 1.29 is 9.59 Å². The molecule has 2 fully saturated rings. The van der Waals surface area contributed by atoms with Crippen LogP contribution < -0.4 is 5.32 Å². The Morgan fingerprint density at radius 1 is 1.28 bits per heavy atom. The number of anilines is 1. The van der Waals surface area contributed by atoms with Gasteiger partial charge in [-0.25, -0.2) is 0 Å². The van der Waals surface area contributed by atoms with E-state index in [0.717, 1.165) is 46.3 Å². The van der Waals surface area contributed by atoms with Crippen LogP contribution in [0.4, 0.5) is 5.69 Å². The fourth-order valence-corrected chi connectivity index (χ4v) is 4.52. The molecule has 1 aromatic carbocycles. The number of fused-ring (bicyclic) bond motifs is 1. The lowest BCUT2D eigenvalue weighted by Crippen LogP contribution is -2.34. The number of carbonyl (C=O) groups excluding carboxylic acids is 2. The van der Waals surface area contributed by atoms with Gasteiger partial charge in [0.05, 0.1) is 18.2 Å². The van der Waals surface area contributed by atoms with Crippen LogP contribution in [0.1, 0.15) is 42.1 Å². The molecule has 2 N–H and O–H groups in total. The van der Waals surface area contributed by atoms with Crippen molar-refractivity contribution in [1.82, 2.24) is 19.7 Å². The topological polar surface area (TPSA) is 83.0 Å². The van der Waals surface area contributed by atoms with Crippen molar-refractivity contribution in [2.24, 2.45) is 13.0 Å². The molecule has 3 aromatic rings. The molecule has 7 nitrogen and oxygen atoms in total. The number of hydrogen-bond donors (Lipinski definition) is 2. The van der Waals surface area contributed by atoms with E-state index < -0.39 is 5.92 Å². The quantitative estimate of drug-likeness (QED) is 0.716. The number of aryl methyl sites for hydroxylation is 2. The molecule has 2 aromatic heterocycles. The standard InChI is InChI=1S/C22H25N5O2/c1-12-10-23-19-7-4-14(8-16(12)19)25-22(29)17-9-20(28)27(15-5-6-15)21(17)18-11-24-26(3)13(18)2/h4,7-8,10-11,15,17,21,23H,5-6,9H2,1-3H3,(H,25,29)/t17-,21-/m1/s1. The maximum atomic E-state index is 13.3. The summed E-state index contributed by atoms with van der Waals surface area (Å²) < 4.78 is 1.81. The van der Waals surface area contributed by atoms with Crippen molar-refractivity contribution in [3.8, 4) is 0 Å². The summed E-state index contributed by atoms with van der Waals surface area (Å²) in [5, 5.41) is 8.51. The van der Waals surface area contributed by atoms with Crippen LogP contribution in [-0.4, -0.2) is 37.5 Å². The van der Waals surface area contributed by atoms with Gasteiger partial charge in [0.1, 0.15) is 0 Å². The van der Waals surface area contributed by atoms with Gasteiger partial charge in [-0.1, -0.05) is 0 Å². The lowest BCUT2D eigenvalue weighted by molar-refractivity contribution is -0.129. The van der Waals surface area contributed by atoms with Crippen LogP contribution in [0.2, 0.25) is 0 Å². The molecule has 0 radical (unpaired) electrons. The van der Waals surface area contributed by atoms with Crippen molar-refractivity contribution in [2.75, 3.05) is 5.32 Å². The van der Waals surface area contributed by atoms with Gasteiger partial charge in [-0.05, 0) is 50.5 Å². The van der Waals surface area contributed by atoms with E-state index in [2.05, 4.69) is 15.4 Å². The lowest BCUT2D eigenvalue weighted by atomic mass is 9.93. The Kier molecular flexibility index (Phi) is 4.01. The van der Waals surface area contributed by atoms with Crippen molar-refractivity contribution in [2.45, 2.75) is 45.2 Å². The second kappa shape index (κ2) is 6.47. The number of H-pyrrole nitrogens is 1. The van der Waals surface area contributed by atoms with E-state index in [1.54, 1.807) is 4.68 Å². The number of benzene rings is 1. The summed E-state index contributed by atoms with van der Waals surface area (Å²) in [5.41, 5.74) is 4.90. The van der Waals surface area contributed by atoms with E-state index in [0.29, 0.717) is 0 Å². The Morgan fingerprint density at radius 2 is 2.07 bits per heavy atom. The van der Waals surface area contributed by atoms with Gasteiger partial charge < -0.3 is 15.2 Å². The molecule has 150 valence electrons. The smallest absolute Gasteiger partial charge is 0.230 e. The van der Waals surface area contributed by atoms with E-state index in [1.807, 2.05) is 56.4 Å². The summed E-state index contributed by atoms with van der Waals surface area (Å²) in [5.74, 6) is -0.464. The SMILES string of the molecule is Cc1c[nH]c2ccc(NC(=O)[C@@H]3CC(=O)N(C4CC4)[C@H]3c3cnn(C)c3C)cc12. The zero-order valence-corrected chi connectivity index (χ0v) is 16.9. The van der Waals surface area contributed by atoms with E-state index in [-0.39, 0.29) is 30.3 Å². The summed E-state index contributed by atoms with van der Waals surface area (Å²) in [4.78, 5) is 31.3. The highest BCUT2D eigenvalue weighted by atomic mass is 16.2. The van der Waals surface area contributed by atoms with Crippen LogP contribution in [0.5, 0.6) is 0 Å². The normalized spacial score (nSPS) is 21.9. The number of likely N-dealkylation sites (tertiary alicyclic amines) is 1. The number of nitrogens with zero attached hydrogens (tertiary/aromatic N) is 3. The average molecular weight is 391 g/mol. The number of aromatic nitrogens is 3. The van der Waals surface area contributed by atoms with Gasteiger partial charge in [0, 0.05) is 53.6 Å². The predicted octanol–water partition coefficient (Wildman–Crippen LogP) is 3.21. The number of nitrogens with one attached hydrogen (secondary N) is 2. The minimum absolute atomic E-state index is 0.0674. The third-order valence-corrected chi connectivity index (χ3v) is 6.39. The number of carbonyl (C=O) groups is 2. The van der Waals surface area contributed by atoms with E-state index >= 15 is 0 Å². The molecular formula is C22H25N5O2. The highest BCUT2D eigenvalue weighted by Gasteiger charge is 2.50. The number of rotatable bonds is 4. The fourth-order valence-electron chi connectivity index (χ4n) is 4.52. The van der Waals surface area contributed by atoms with Gasteiger partial charge >= 0.3 is 0 Å². The zero-order valence-electron chi connectivity index (χ0n) is 16.9. The van der Waals surface area contributed by atoms with E-state index in [1.165, 1.54) is 0 Å². The van der Waals surface area contributed by atoms with Crippen LogP contribution in [-0.2, 0) is 16.6 Å². The average Bonchev–Trinajstić information content (AvgIpc) is 3.28. The van der Waals surface area contributed by atoms with E-state index in [4.69, 9.17) is 0 Å². The number of hydrogen-bond acceptors (Lipinski definition) is 3. The molecule has 29 heavy (non-hydrogen) atoms. The summed E-state index contributed by atoms with van der Waals surface area (Å²) in [6.45, 7) is 4.03. The van der Waals surface area contributed by atoms with Crippen LogP contribution >= 0.6 is 0 Å². The van der Waals surface area contributed by atoms with Crippen LogP contribution in [0, 0.1) is 19.8 Å². The first-order valence-corrected chi connectivity index (χ1v) is 10.1. The van der Waals surface area contributed by atoms with Crippen molar-refractivity contribution in [3.05, 3.63) is 47.4 Å². The number of amides is 2. The molecule has 3 heterocycles. The largest absolute Gasteiger partial charge is 0.361 e. The fraction of sp³-hybridized carbons (Fsp3) is 0.409. The predicted molar refractivity (Wildman–Crippen MR) is 110 cm³/mol. The van der Waals surface area contributed by atoms with E-state index in [9.17, 15) is 9.59 Å². The first-order chi connectivity index (χ1) is 13.9. The molecule has 0 unspecified atom stereocenters. The summed E-state index contributed by atoms with van der Waals surface area (Å²) in [7, 11) is 1.89. The molecule has 0 bridgehead atoms. The Balaban J connectivity index is 1.47. The maximum absolute atomic E-state index is 13.3. The Morgan fingerprint density at radius 3 is 2.76 bits per heavy atom. The zero-order chi connectivity index (χ0) is 20.3. The van der Waals surface area contributed by atoms with Gasteiger partial charge in [0.2, 0.25) is 11.8 Å². The summed E-state index contributed by atoms with van der Waals surface area (Å²) in [6.07, 6.45) is 6.04. The monoisotopic (exact) mass is 391 g/mol. The summed E-state index contributed by atoms with van der Waals surface area (Å²) >= 11 is 0. The first kappa shape index (κ1) is 18.0. The number of aromatic amines is 1. The van der Waals surface area contributed by atoms with Gasteiger partial charge in [-0.2, -0.15) is 5.10 Å². The molecule has 2 amide bonds. The molecule has 0 spiro atoms.